The highest BCUT2D eigenvalue weighted by Gasteiger charge is 2.35. The molecule has 2 aromatic rings. The van der Waals surface area contributed by atoms with Crippen LogP contribution in [0.1, 0.15) is 30.1 Å². The van der Waals surface area contributed by atoms with E-state index in [1.54, 1.807) is 18.6 Å². The van der Waals surface area contributed by atoms with Gasteiger partial charge in [0.25, 0.3) is 0 Å². The van der Waals surface area contributed by atoms with Crippen LogP contribution in [0.3, 0.4) is 0 Å². The highest BCUT2D eigenvalue weighted by atomic mass is 35.5. The van der Waals surface area contributed by atoms with E-state index in [9.17, 15) is 5.11 Å². The van der Waals surface area contributed by atoms with Gasteiger partial charge in [-0.2, -0.15) is 5.26 Å². The molecule has 0 unspecified atom stereocenters. The number of rotatable bonds is 4. The lowest BCUT2D eigenvalue weighted by molar-refractivity contribution is 0.137. The summed E-state index contributed by atoms with van der Waals surface area (Å²) >= 11 is 6.13. The molecule has 1 aliphatic carbocycles. The third-order valence-corrected chi connectivity index (χ3v) is 4.69. The van der Waals surface area contributed by atoms with Crippen molar-refractivity contribution in [2.75, 3.05) is 11.9 Å². The van der Waals surface area contributed by atoms with Crippen LogP contribution in [0.25, 0.3) is 0 Å². The van der Waals surface area contributed by atoms with E-state index >= 15 is 0 Å². The summed E-state index contributed by atoms with van der Waals surface area (Å²) in [7, 11) is 1.91. The minimum absolute atomic E-state index is 0.0697. The highest BCUT2D eigenvalue weighted by molar-refractivity contribution is 6.34. The maximum atomic E-state index is 10.3. The third kappa shape index (κ3) is 3.14. The van der Waals surface area contributed by atoms with Gasteiger partial charge >= 0.3 is 0 Å². The average Bonchev–Trinajstić information content (AvgIpc) is 3.12. The van der Waals surface area contributed by atoms with Crippen molar-refractivity contribution in [3.63, 3.8) is 0 Å². The average molecular weight is 333 g/mol. The molecule has 0 amide bonds. The van der Waals surface area contributed by atoms with E-state index in [4.69, 9.17) is 16.9 Å². The second kappa shape index (κ2) is 6.52. The number of nitrogens with one attached hydrogen (secondary N) is 1. The molecular formula is C15H17ClN6O. The number of pyridine rings is 1. The Bertz CT molecular complexity index is 740. The van der Waals surface area contributed by atoms with Gasteiger partial charge in [-0.25, -0.2) is 4.98 Å². The molecule has 0 aliphatic heterocycles. The fraction of sp³-hybridized carbons (Fsp3) is 0.467. The second-order valence-corrected chi connectivity index (χ2v) is 6.19. The third-order valence-electron chi connectivity index (χ3n) is 4.31. The Balaban J connectivity index is 1.65. The summed E-state index contributed by atoms with van der Waals surface area (Å²) < 4.78 is 1.89. The van der Waals surface area contributed by atoms with Gasteiger partial charge in [0.15, 0.2) is 0 Å². The molecule has 3 rings (SSSR count). The topological polar surface area (TPSA) is 99.7 Å². The van der Waals surface area contributed by atoms with Crippen molar-refractivity contribution in [1.82, 2.24) is 19.7 Å². The Kier molecular flexibility index (Phi) is 4.46. The van der Waals surface area contributed by atoms with E-state index in [0.717, 1.165) is 12.2 Å². The zero-order chi connectivity index (χ0) is 16.4. The Morgan fingerprint density at radius 3 is 3.04 bits per heavy atom. The first kappa shape index (κ1) is 15.7. The van der Waals surface area contributed by atoms with Gasteiger partial charge in [0.2, 0.25) is 0 Å². The number of aromatic nitrogens is 4. The molecule has 2 N–H and O–H groups in total. The summed E-state index contributed by atoms with van der Waals surface area (Å²) in [6, 6.07) is 3.60. The standard InChI is InChI=1S/C15H17ClN6O/c1-22-8-20-21-15(22)10-4-11(12(23)5-10)7-19-14-13(16)9(6-17)2-3-18-14/h2-3,8,10-12,23H,4-5,7H2,1H3,(H,18,19)/t10-,11+,12+/m0/s1. The number of hydrogen-bond donors (Lipinski definition) is 2. The van der Waals surface area contributed by atoms with E-state index in [-0.39, 0.29) is 11.8 Å². The maximum absolute atomic E-state index is 10.3. The molecule has 1 fully saturated rings. The molecule has 120 valence electrons. The second-order valence-electron chi connectivity index (χ2n) is 5.81. The number of hydrogen-bond acceptors (Lipinski definition) is 6. The van der Waals surface area contributed by atoms with Crippen molar-refractivity contribution in [2.24, 2.45) is 13.0 Å². The Hall–Kier alpha value is -2.17. The van der Waals surface area contributed by atoms with E-state index in [2.05, 4.69) is 20.5 Å². The van der Waals surface area contributed by atoms with Crippen LogP contribution in [-0.4, -0.2) is 37.5 Å². The number of aryl methyl sites for hydroxylation is 1. The molecule has 2 aromatic heterocycles. The summed E-state index contributed by atoms with van der Waals surface area (Å²) in [6.45, 7) is 0.539. The van der Waals surface area contributed by atoms with Crippen molar-refractivity contribution in [3.05, 3.63) is 35.0 Å². The summed E-state index contributed by atoms with van der Waals surface area (Å²) in [5, 5.41) is 30.8. The fourth-order valence-corrected chi connectivity index (χ4v) is 3.30. The first-order valence-corrected chi connectivity index (χ1v) is 7.78. The largest absolute Gasteiger partial charge is 0.393 e. The molecule has 0 saturated heterocycles. The maximum Gasteiger partial charge on any atom is 0.146 e. The van der Waals surface area contributed by atoms with E-state index < -0.39 is 6.10 Å². The zero-order valence-electron chi connectivity index (χ0n) is 12.6. The van der Waals surface area contributed by atoms with Crippen LogP contribution >= 0.6 is 11.6 Å². The van der Waals surface area contributed by atoms with Crippen LogP contribution in [0.5, 0.6) is 0 Å². The molecule has 0 bridgehead atoms. The summed E-state index contributed by atoms with van der Waals surface area (Å²) in [5.41, 5.74) is 0.382. The van der Waals surface area contributed by atoms with Gasteiger partial charge in [-0.15, -0.1) is 10.2 Å². The molecule has 0 aromatic carbocycles. The molecule has 8 heteroatoms. The van der Waals surface area contributed by atoms with Gasteiger partial charge in [0, 0.05) is 31.6 Å². The number of nitrogens with zero attached hydrogens (tertiary/aromatic N) is 5. The van der Waals surface area contributed by atoms with Crippen molar-refractivity contribution in [2.45, 2.75) is 24.9 Å². The zero-order valence-corrected chi connectivity index (χ0v) is 13.4. The fourth-order valence-electron chi connectivity index (χ4n) is 3.08. The van der Waals surface area contributed by atoms with Gasteiger partial charge < -0.3 is 15.0 Å². The minimum Gasteiger partial charge on any atom is -0.393 e. The smallest absolute Gasteiger partial charge is 0.146 e. The lowest BCUT2D eigenvalue weighted by Crippen LogP contribution is -2.22. The number of aliphatic hydroxyl groups is 1. The summed E-state index contributed by atoms with van der Waals surface area (Å²) in [6.07, 6.45) is 4.28. The van der Waals surface area contributed by atoms with Gasteiger partial charge in [0.05, 0.1) is 11.7 Å². The Labute approximate surface area is 138 Å². The molecule has 0 radical (unpaired) electrons. The number of aliphatic hydroxyl groups excluding tert-OH is 1. The van der Waals surface area contributed by atoms with Crippen molar-refractivity contribution < 1.29 is 5.11 Å². The number of halogens is 1. The van der Waals surface area contributed by atoms with Crippen LogP contribution < -0.4 is 5.32 Å². The van der Waals surface area contributed by atoms with E-state index in [0.29, 0.717) is 29.4 Å². The lowest BCUT2D eigenvalue weighted by Gasteiger charge is -2.16. The van der Waals surface area contributed by atoms with Crippen molar-refractivity contribution >= 4 is 17.4 Å². The normalized spacial score (nSPS) is 23.7. The molecule has 1 saturated carbocycles. The first-order valence-electron chi connectivity index (χ1n) is 7.40. The monoisotopic (exact) mass is 332 g/mol. The van der Waals surface area contributed by atoms with Gasteiger partial charge in [-0.1, -0.05) is 11.6 Å². The quantitative estimate of drug-likeness (QED) is 0.884. The minimum atomic E-state index is -0.415. The Morgan fingerprint density at radius 2 is 2.35 bits per heavy atom. The van der Waals surface area contributed by atoms with Gasteiger partial charge in [-0.05, 0) is 18.9 Å². The molecule has 3 atom stereocenters. The predicted molar refractivity (Wildman–Crippen MR) is 84.9 cm³/mol. The molecular weight excluding hydrogens is 316 g/mol. The van der Waals surface area contributed by atoms with Gasteiger partial charge in [-0.3, -0.25) is 0 Å². The van der Waals surface area contributed by atoms with Crippen LogP contribution in [-0.2, 0) is 7.05 Å². The number of anilines is 1. The Morgan fingerprint density at radius 1 is 1.52 bits per heavy atom. The molecule has 0 spiro atoms. The molecule has 23 heavy (non-hydrogen) atoms. The van der Waals surface area contributed by atoms with E-state index in [1.807, 2.05) is 17.7 Å². The predicted octanol–water partition coefficient (Wildman–Crippen LogP) is 1.70. The highest BCUT2D eigenvalue weighted by Crippen LogP contribution is 2.37. The SMILES string of the molecule is Cn1cnnc1[C@H]1C[C@H](CNc2nccc(C#N)c2Cl)[C@H](O)C1. The summed E-state index contributed by atoms with van der Waals surface area (Å²) in [4.78, 5) is 4.15. The lowest BCUT2D eigenvalue weighted by atomic mass is 10.0. The van der Waals surface area contributed by atoms with Crippen molar-refractivity contribution in [1.29, 1.82) is 5.26 Å². The van der Waals surface area contributed by atoms with Crippen LogP contribution in [0.15, 0.2) is 18.6 Å². The number of nitriles is 1. The van der Waals surface area contributed by atoms with Crippen LogP contribution in [0.4, 0.5) is 5.82 Å². The van der Waals surface area contributed by atoms with E-state index in [1.165, 1.54) is 0 Å². The molecule has 1 aliphatic rings. The first-order chi connectivity index (χ1) is 11.1. The molecule has 7 nitrogen and oxygen atoms in total. The van der Waals surface area contributed by atoms with Crippen LogP contribution in [0, 0.1) is 17.2 Å². The van der Waals surface area contributed by atoms with Crippen LogP contribution in [0.2, 0.25) is 5.02 Å². The van der Waals surface area contributed by atoms with Gasteiger partial charge in [0.1, 0.15) is 29.1 Å². The van der Waals surface area contributed by atoms with Crippen molar-refractivity contribution in [3.8, 4) is 6.07 Å². The molecule has 2 heterocycles. The summed E-state index contributed by atoms with van der Waals surface area (Å²) in [5.74, 6) is 1.63.